The molecule has 1 aromatic heterocycles. The number of hydrogen-bond acceptors (Lipinski definition) is 2. The molecule has 0 saturated heterocycles. The zero-order valence-corrected chi connectivity index (χ0v) is 12.5. The normalized spacial score (nSPS) is 19.4. The molecule has 0 bridgehead atoms. The van der Waals surface area contributed by atoms with Crippen LogP contribution in [-0.2, 0) is 13.1 Å². The Hall–Kier alpha value is -1.61. The van der Waals surface area contributed by atoms with E-state index in [0.29, 0.717) is 0 Å². The van der Waals surface area contributed by atoms with Crippen LogP contribution in [0, 0.1) is 0 Å². The second-order valence-corrected chi connectivity index (χ2v) is 6.35. The highest BCUT2D eigenvalue weighted by molar-refractivity contribution is 5.60. The number of nitrogens with one attached hydrogen (secondary N) is 1. The van der Waals surface area contributed by atoms with E-state index in [1.807, 2.05) is 6.20 Å². The van der Waals surface area contributed by atoms with Gasteiger partial charge in [-0.3, -0.25) is 0 Å². The standard InChI is InChI=1S/C18H23N3/c1-2-4-14(5-3-1)15-6-8-16(9-7-15)17-12-20-18-13-19-10-11-21(17)18/h6-9,12,14,19H,1-5,10-11,13H2. The van der Waals surface area contributed by atoms with Gasteiger partial charge in [0.05, 0.1) is 18.4 Å². The lowest BCUT2D eigenvalue weighted by Gasteiger charge is -2.22. The van der Waals surface area contributed by atoms with E-state index in [9.17, 15) is 0 Å². The van der Waals surface area contributed by atoms with Crippen LogP contribution in [0.3, 0.4) is 0 Å². The van der Waals surface area contributed by atoms with E-state index in [4.69, 9.17) is 0 Å². The van der Waals surface area contributed by atoms with Gasteiger partial charge in [0.2, 0.25) is 0 Å². The Bertz CT molecular complexity index is 606. The van der Waals surface area contributed by atoms with Crippen LogP contribution < -0.4 is 5.32 Å². The van der Waals surface area contributed by atoms with Crippen LogP contribution in [0.25, 0.3) is 11.3 Å². The highest BCUT2D eigenvalue weighted by atomic mass is 15.2. The molecular weight excluding hydrogens is 258 g/mol. The molecule has 21 heavy (non-hydrogen) atoms. The van der Waals surface area contributed by atoms with Crippen molar-refractivity contribution in [1.82, 2.24) is 14.9 Å². The summed E-state index contributed by atoms with van der Waals surface area (Å²) in [6, 6.07) is 9.26. The molecule has 3 heteroatoms. The number of aromatic nitrogens is 2. The number of fused-ring (bicyclic) bond motifs is 1. The van der Waals surface area contributed by atoms with Crippen molar-refractivity contribution in [3.8, 4) is 11.3 Å². The molecule has 0 radical (unpaired) electrons. The predicted molar refractivity (Wildman–Crippen MR) is 85.2 cm³/mol. The molecular formula is C18H23N3. The molecule has 1 aliphatic carbocycles. The SMILES string of the molecule is c1cc(C2CCCCC2)ccc1-c1cnc2n1CCNC2. The first-order valence-electron chi connectivity index (χ1n) is 8.27. The van der Waals surface area contributed by atoms with E-state index in [1.54, 1.807) is 0 Å². The van der Waals surface area contributed by atoms with Crippen molar-refractivity contribution in [1.29, 1.82) is 0 Å². The van der Waals surface area contributed by atoms with E-state index in [0.717, 1.165) is 31.4 Å². The van der Waals surface area contributed by atoms with Gasteiger partial charge in [0, 0.05) is 13.1 Å². The minimum absolute atomic E-state index is 0.788. The summed E-state index contributed by atoms with van der Waals surface area (Å²) in [5.41, 5.74) is 4.09. The summed E-state index contributed by atoms with van der Waals surface area (Å²) in [4.78, 5) is 4.55. The van der Waals surface area contributed by atoms with Gasteiger partial charge in [-0.25, -0.2) is 4.98 Å². The molecule has 0 spiro atoms. The van der Waals surface area contributed by atoms with Gasteiger partial charge in [-0.05, 0) is 29.9 Å². The Balaban J connectivity index is 1.60. The zero-order valence-electron chi connectivity index (χ0n) is 12.5. The molecule has 2 aliphatic rings. The van der Waals surface area contributed by atoms with Gasteiger partial charge in [0.25, 0.3) is 0 Å². The molecule has 1 fully saturated rings. The molecule has 4 rings (SSSR count). The fraction of sp³-hybridized carbons (Fsp3) is 0.500. The average Bonchev–Trinajstić information content (AvgIpc) is 3.00. The maximum atomic E-state index is 4.55. The molecule has 0 amide bonds. The zero-order chi connectivity index (χ0) is 14.1. The van der Waals surface area contributed by atoms with Gasteiger partial charge < -0.3 is 9.88 Å². The molecule has 1 aliphatic heterocycles. The fourth-order valence-electron chi connectivity index (χ4n) is 3.79. The monoisotopic (exact) mass is 281 g/mol. The van der Waals surface area contributed by atoms with Gasteiger partial charge in [-0.2, -0.15) is 0 Å². The minimum atomic E-state index is 0.788. The lowest BCUT2D eigenvalue weighted by Crippen LogP contribution is -2.28. The van der Waals surface area contributed by atoms with E-state index in [-0.39, 0.29) is 0 Å². The second kappa shape index (κ2) is 5.64. The van der Waals surface area contributed by atoms with Crippen LogP contribution in [0.5, 0.6) is 0 Å². The topological polar surface area (TPSA) is 29.9 Å². The van der Waals surface area contributed by atoms with Gasteiger partial charge in [-0.15, -0.1) is 0 Å². The van der Waals surface area contributed by atoms with Crippen LogP contribution in [0.15, 0.2) is 30.5 Å². The maximum absolute atomic E-state index is 4.55. The largest absolute Gasteiger partial charge is 0.326 e. The number of rotatable bonds is 2. The van der Waals surface area contributed by atoms with Crippen LogP contribution >= 0.6 is 0 Å². The minimum Gasteiger partial charge on any atom is -0.326 e. The molecule has 2 aromatic rings. The van der Waals surface area contributed by atoms with Crippen LogP contribution in [0.1, 0.15) is 49.4 Å². The quantitative estimate of drug-likeness (QED) is 0.909. The van der Waals surface area contributed by atoms with Gasteiger partial charge >= 0.3 is 0 Å². The first-order valence-corrected chi connectivity index (χ1v) is 8.27. The number of benzene rings is 1. The van der Waals surface area contributed by atoms with Crippen LogP contribution in [0.4, 0.5) is 0 Å². The first kappa shape index (κ1) is 13.1. The summed E-state index contributed by atoms with van der Waals surface area (Å²) >= 11 is 0. The third-order valence-electron chi connectivity index (χ3n) is 5.02. The Morgan fingerprint density at radius 3 is 2.67 bits per heavy atom. The average molecular weight is 281 g/mol. The lowest BCUT2D eigenvalue weighted by atomic mass is 9.84. The van der Waals surface area contributed by atoms with E-state index >= 15 is 0 Å². The summed E-state index contributed by atoms with van der Waals surface area (Å²) in [6.07, 6.45) is 8.98. The summed E-state index contributed by atoms with van der Waals surface area (Å²) in [6.45, 7) is 2.95. The summed E-state index contributed by atoms with van der Waals surface area (Å²) < 4.78 is 2.35. The molecule has 1 N–H and O–H groups in total. The number of hydrogen-bond donors (Lipinski definition) is 1. The first-order chi connectivity index (χ1) is 10.4. The van der Waals surface area contributed by atoms with Gasteiger partial charge in [0.1, 0.15) is 5.82 Å². The molecule has 110 valence electrons. The van der Waals surface area contributed by atoms with Crippen molar-refractivity contribution < 1.29 is 0 Å². The Morgan fingerprint density at radius 1 is 1.05 bits per heavy atom. The van der Waals surface area contributed by atoms with Crippen molar-refractivity contribution in [3.63, 3.8) is 0 Å². The Labute approximate surface area is 126 Å². The van der Waals surface area contributed by atoms with Crippen LogP contribution in [-0.4, -0.2) is 16.1 Å². The smallest absolute Gasteiger partial charge is 0.123 e. The number of nitrogens with zero attached hydrogens (tertiary/aromatic N) is 2. The highest BCUT2D eigenvalue weighted by Gasteiger charge is 2.17. The van der Waals surface area contributed by atoms with Crippen molar-refractivity contribution in [2.75, 3.05) is 6.54 Å². The fourth-order valence-corrected chi connectivity index (χ4v) is 3.79. The third-order valence-corrected chi connectivity index (χ3v) is 5.02. The van der Waals surface area contributed by atoms with Crippen LogP contribution in [0.2, 0.25) is 0 Å². The Morgan fingerprint density at radius 2 is 1.86 bits per heavy atom. The maximum Gasteiger partial charge on any atom is 0.123 e. The molecule has 0 unspecified atom stereocenters. The number of imidazole rings is 1. The molecule has 1 saturated carbocycles. The third kappa shape index (κ3) is 2.51. The summed E-state index contributed by atoms with van der Waals surface area (Å²) in [5.74, 6) is 1.95. The molecule has 1 aromatic carbocycles. The molecule has 0 atom stereocenters. The molecule has 2 heterocycles. The molecule has 3 nitrogen and oxygen atoms in total. The second-order valence-electron chi connectivity index (χ2n) is 6.35. The van der Waals surface area contributed by atoms with Crippen molar-refractivity contribution in [2.24, 2.45) is 0 Å². The lowest BCUT2D eigenvalue weighted by molar-refractivity contribution is 0.443. The summed E-state index contributed by atoms with van der Waals surface area (Å²) in [7, 11) is 0. The van der Waals surface area contributed by atoms with Gasteiger partial charge in [-0.1, -0.05) is 43.5 Å². The highest BCUT2D eigenvalue weighted by Crippen LogP contribution is 2.33. The van der Waals surface area contributed by atoms with E-state index < -0.39 is 0 Å². The summed E-state index contributed by atoms with van der Waals surface area (Å²) in [5, 5.41) is 3.37. The van der Waals surface area contributed by atoms with Gasteiger partial charge in [0.15, 0.2) is 0 Å². The van der Waals surface area contributed by atoms with Crippen molar-refractivity contribution >= 4 is 0 Å². The van der Waals surface area contributed by atoms with E-state index in [1.165, 1.54) is 48.9 Å². The van der Waals surface area contributed by atoms with Crippen molar-refractivity contribution in [2.45, 2.75) is 51.1 Å². The van der Waals surface area contributed by atoms with E-state index in [2.05, 4.69) is 39.1 Å². The van der Waals surface area contributed by atoms with Crippen molar-refractivity contribution in [3.05, 3.63) is 41.9 Å². The predicted octanol–water partition coefficient (Wildman–Crippen LogP) is 3.70. The Kier molecular flexibility index (Phi) is 3.52.